The molecule has 1 aromatic rings. The van der Waals surface area contributed by atoms with Gasteiger partial charge in [0.1, 0.15) is 0 Å². The van der Waals surface area contributed by atoms with Gasteiger partial charge in [-0.1, -0.05) is 12.1 Å². The molecule has 0 fully saturated rings. The third-order valence-corrected chi connectivity index (χ3v) is 3.36. The summed E-state index contributed by atoms with van der Waals surface area (Å²) >= 11 is 1.88. The van der Waals surface area contributed by atoms with E-state index in [-0.39, 0.29) is 0 Å². The van der Waals surface area contributed by atoms with Gasteiger partial charge in [0.2, 0.25) is 0 Å². The molecule has 2 heteroatoms. The summed E-state index contributed by atoms with van der Waals surface area (Å²) < 4.78 is 0. The molecule has 0 spiro atoms. The zero-order valence-corrected chi connectivity index (χ0v) is 11.0. The van der Waals surface area contributed by atoms with Crippen molar-refractivity contribution in [3.63, 3.8) is 0 Å². The highest BCUT2D eigenvalue weighted by atomic mass is 32.2. The van der Waals surface area contributed by atoms with Crippen LogP contribution in [0.4, 0.5) is 0 Å². The highest BCUT2D eigenvalue weighted by Crippen LogP contribution is 2.14. The van der Waals surface area contributed by atoms with Crippen LogP contribution in [-0.2, 0) is 6.54 Å². The molecule has 0 unspecified atom stereocenters. The van der Waals surface area contributed by atoms with E-state index < -0.39 is 0 Å². The van der Waals surface area contributed by atoms with Gasteiger partial charge in [0, 0.05) is 18.8 Å². The average Bonchev–Trinajstić information content (AvgIpc) is 2.20. The summed E-state index contributed by atoms with van der Waals surface area (Å²) in [5.41, 5.74) is 5.61. The summed E-state index contributed by atoms with van der Waals surface area (Å²) in [6, 6.07) is 4.58. The van der Waals surface area contributed by atoms with E-state index in [9.17, 15) is 0 Å². The molecule has 0 atom stereocenters. The van der Waals surface area contributed by atoms with Crippen molar-refractivity contribution in [1.82, 2.24) is 5.32 Å². The predicted molar refractivity (Wildman–Crippen MR) is 70.7 cm³/mol. The second kappa shape index (κ2) is 6.19. The quantitative estimate of drug-likeness (QED) is 0.770. The number of thioether (sulfide) groups is 1. The van der Waals surface area contributed by atoms with Crippen LogP contribution >= 0.6 is 11.8 Å². The van der Waals surface area contributed by atoms with Crippen LogP contribution < -0.4 is 5.32 Å². The number of hydrogen-bond donors (Lipinski definition) is 1. The van der Waals surface area contributed by atoms with Crippen molar-refractivity contribution in [2.75, 3.05) is 18.6 Å². The Balaban J connectivity index is 2.57. The summed E-state index contributed by atoms with van der Waals surface area (Å²) in [6.07, 6.45) is 2.14. The first-order valence-electron chi connectivity index (χ1n) is 5.41. The van der Waals surface area contributed by atoms with Crippen molar-refractivity contribution in [2.24, 2.45) is 0 Å². The number of hydrogen-bond acceptors (Lipinski definition) is 2. The third-order valence-electron chi connectivity index (χ3n) is 2.75. The highest BCUT2D eigenvalue weighted by Gasteiger charge is 2.00. The minimum Gasteiger partial charge on any atom is -0.312 e. The molecule has 15 heavy (non-hydrogen) atoms. The van der Waals surface area contributed by atoms with Gasteiger partial charge in [0.25, 0.3) is 0 Å². The maximum atomic E-state index is 3.47. The van der Waals surface area contributed by atoms with Crippen molar-refractivity contribution in [3.8, 4) is 0 Å². The minimum absolute atomic E-state index is 0.994. The first kappa shape index (κ1) is 12.6. The molecule has 84 valence electrons. The standard InChI is InChI=1S/C13H21NS/c1-10-7-12(3)13(8-11(10)2)9-14-5-6-15-4/h7-8,14H,5-6,9H2,1-4H3. The average molecular weight is 223 g/mol. The normalized spacial score (nSPS) is 10.7. The van der Waals surface area contributed by atoms with Crippen molar-refractivity contribution >= 4 is 11.8 Å². The van der Waals surface area contributed by atoms with Gasteiger partial charge in [0.15, 0.2) is 0 Å². The lowest BCUT2D eigenvalue weighted by Crippen LogP contribution is -2.17. The minimum atomic E-state index is 0.994. The summed E-state index contributed by atoms with van der Waals surface area (Å²) in [5, 5.41) is 3.47. The van der Waals surface area contributed by atoms with Crippen LogP contribution in [0.5, 0.6) is 0 Å². The van der Waals surface area contributed by atoms with Crippen molar-refractivity contribution in [2.45, 2.75) is 27.3 Å². The number of aryl methyl sites for hydroxylation is 3. The summed E-state index contributed by atoms with van der Waals surface area (Å²) in [7, 11) is 0. The lowest BCUT2D eigenvalue weighted by Gasteiger charge is -2.10. The van der Waals surface area contributed by atoms with Gasteiger partial charge in [-0.25, -0.2) is 0 Å². The molecule has 0 amide bonds. The smallest absolute Gasteiger partial charge is 0.0208 e. The van der Waals surface area contributed by atoms with Crippen molar-refractivity contribution in [1.29, 1.82) is 0 Å². The SMILES string of the molecule is CSCCNCc1cc(C)c(C)cc1C. The summed E-state index contributed by atoms with van der Waals surface area (Å²) in [6.45, 7) is 8.63. The Labute approximate surface area is 97.7 Å². The Morgan fingerprint density at radius 3 is 2.40 bits per heavy atom. The van der Waals surface area contributed by atoms with Gasteiger partial charge in [-0.2, -0.15) is 11.8 Å². The first-order chi connectivity index (χ1) is 7.15. The lowest BCUT2D eigenvalue weighted by atomic mass is 10.0. The van der Waals surface area contributed by atoms with E-state index in [1.165, 1.54) is 28.0 Å². The molecule has 0 aliphatic rings. The molecule has 0 heterocycles. The van der Waals surface area contributed by atoms with Gasteiger partial charge in [-0.05, 0) is 49.3 Å². The molecule has 1 rings (SSSR count). The molecular weight excluding hydrogens is 202 g/mol. The van der Waals surface area contributed by atoms with E-state index in [1.54, 1.807) is 0 Å². The van der Waals surface area contributed by atoms with Crippen LogP contribution in [0, 0.1) is 20.8 Å². The van der Waals surface area contributed by atoms with Gasteiger partial charge >= 0.3 is 0 Å². The molecule has 1 nitrogen and oxygen atoms in total. The Bertz CT molecular complexity index is 321. The van der Waals surface area contributed by atoms with E-state index in [4.69, 9.17) is 0 Å². The fraction of sp³-hybridized carbons (Fsp3) is 0.538. The van der Waals surface area contributed by atoms with E-state index in [2.05, 4.69) is 44.5 Å². The van der Waals surface area contributed by atoms with Crippen LogP contribution in [0.2, 0.25) is 0 Å². The summed E-state index contributed by atoms with van der Waals surface area (Å²) in [5.74, 6) is 1.18. The largest absolute Gasteiger partial charge is 0.312 e. The fourth-order valence-corrected chi connectivity index (χ4v) is 1.96. The molecular formula is C13H21NS. The van der Waals surface area contributed by atoms with Gasteiger partial charge < -0.3 is 5.32 Å². The second-order valence-electron chi connectivity index (χ2n) is 4.03. The maximum Gasteiger partial charge on any atom is 0.0208 e. The Hall–Kier alpha value is -0.470. The van der Waals surface area contributed by atoms with Crippen LogP contribution in [0.15, 0.2) is 12.1 Å². The van der Waals surface area contributed by atoms with Crippen LogP contribution in [-0.4, -0.2) is 18.6 Å². The van der Waals surface area contributed by atoms with Crippen molar-refractivity contribution in [3.05, 3.63) is 34.4 Å². The highest BCUT2D eigenvalue weighted by molar-refractivity contribution is 7.98. The lowest BCUT2D eigenvalue weighted by molar-refractivity contribution is 0.728. The Kier molecular flexibility index (Phi) is 5.20. The molecule has 1 N–H and O–H groups in total. The Morgan fingerprint density at radius 2 is 1.73 bits per heavy atom. The first-order valence-corrected chi connectivity index (χ1v) is 6.81. The maximum absolute atomic E-state index is 3.47. The molecule has 1 aromatic carbocycles. The van der Waals surface area contributed by atoms with Gasteiger partial charge in [-0.3, -0.25) is 0 Å². The molecule has 0 radical (unpaired) electrons. The third kappa shape index (κ3) is 3.88. The molecule has 0 aromatic heterocycles. The van der Waals surface area contributed by atoms with Crippen LogP contribution in [0.3, 0.4) is 0 Å². The second-order valence-corrected chi connectivity index (χ2v) is 5.02. The van der Waals surface area contributed by atoms with Gasteiger partial charge in [0.05, 0.1) is 0 Å². The number of rotatable bonds is 5. The van der Waals surface area contributed by atoms with E-state index in [0.29, 0.717) is 0 Å². The van der Waals surface area contributed by atoms with E-state index in [0.717, 1.165) is 13.1 Å². The van der Waals surface area contributed by atoms with Crippen LogP contribution in [0.1, 0.15) is 22.3 Å². The zero-order valence-electron chi connectivity index (χ0n) is 10.2. The van der Waals surface area contributed by atoms with Crippen LogP contribution in [0.25, 0.3) is 0 Å². The van der Waals surface area contributed by atoms with Crippen molar-refractivity contribution < 1.29 is 0 Å². The summed E-state index contributed by atoms with van der Waals surface area (Å²) in [4.78, 5) is 0. The monoisotopic (exact) mass is 223 g/mol. The molecule has 0 aliphatic heterocycles. The predicted octanol–water partition coefficient (Wildman–Crippen LogP) is 3.06. The molecule has 0 saturated carbocycles. The zero-order chi connectivity index (χ0) is 11.3. The number of nitrogens with one attached hydrogen (secondary N) is 1. The molecule has 0 aliphatic carbocycles. The van der Waals surface area contributed by atoms with E-state index >= 15 is 0 Å². The topological polar surface area (TPSA) is 12.0 Å². The van der Waals surface area contributed by atoms with Gasteiger partial charge in [-0.15, -0.1) is 0 Å². The van der Waals surface area contributed by atoms with E-state index in [1.807, 2.05) is 11.8 Å². The molecule has 0 bridgehead atoms. The fourth-order valence-electron chi connectivity index (χ4n) is 1.61. The number of benzene rings is 1. The molecule has 0 saturated heterocycles. The Morgan fingerprint density at radius 1 is 1.07 bits per heavy atom.